The lowest BCUT2D eigenvalue weighted by Crippen LogP contribution is -2.35. The summed E-state index contributed by atoms with van der Waals surface area (Å²) in [6, 6.07) is 6.04. The third kappa shape index (κ3) is 2.97. The van der Waals surface area contributed by atoms with Crippen molar-refractivity contribution in [3.05, 3.63) is 36.0 Å². The van der Waals surface area contributed by atoms with Crippen LogP contribution in [0.15, 0.2) is 28.8 Å². The fourth-order valence-electron chi connectivity index (χ4n) is 1.99. The van der Waals surface area contributed by atoms with Gasteiger partial charge in [-0.3, -0.25) is 4.90 Å². The molecule has 0 amide bonds. The Kier molecular flexibility index (Phi) is 3.52. The standard InChI is InChI=1S/C13H14FN3O2/c14-11-3-1-10(2-4-11)13-15-12(19-16-13)9-17-5-7-18-8-6-17/h1-4H,5-9H2. The van der Waals surface area contributed by atoms with Gasteiger partial charge in [-0.2, -0.15) is 4.98 Å². The molecule has 1 fully saturated rings. The summed E-state index contributed by atoms with van der Waals surface area (Å²) in [6.07, 6.45) is 0. The van der Waals surface area contributed by atoms with Gasteiger partial charge in [-0.15, -0.1) is 0 Å². The quantitative estimate of drug-likeness (QED) is 0.843. The highest BCUT2D eigenvalue weighted by Gasteiger charge is 2.15. The Morgan fingerprint density at radius 1 is 1.16 bits per heavy atom. The predicted molar refractivity (Wildman–Crippen MR) is 65.8 cm³/mol. The molecule has 19 heavy (non-hydrogen) atoms. The zero-order chi connectivity index (χ0) is 13.1. The summed E-state index contributed by atoms with van der Waals surface area (Å²) >= 11 is 0. The number of nitrogens with zero attached hydrogens (tertiary/aromatic N) is 3. The summed E-state index contributed by atoms with van der Waals surface area (Å²) in [5, 5.41) is 3.92. The highest BCUT2D eigenvalue weighted by molar-refractivity contribution is 5.53. The van der Waals surface area contributed by atoms with E-state index in [4.69, 9.17) is 9.26 Å². The molecule has 1 aliphatic rings. The molecule has 0 atom stereocenters. The van der Waals surface area contributed by atoms with Crippen molar-refractivity contribution >= 4 is 0 Å². The van der Waals surface area contributed by atoms with Crippen LogP contribution in [-0.4, -0.2) is 41.3 Å². The summed E-state index contributed by atoms with van der Waals surface area (Å²) in [4.78, 5) is 6.52. The molecule has 0 saturated carbocycles. The maximum atomic E-state index is 12.8. The van der Waals surface area contributed by atoms with Crippen LogP contribution >= 0.6 is 0 Å². The van der Waals surface area contributed by atoms with E-state index in [2.05, 4.69) is 15.0 Å². The number of benzene rings is 1. The fraction of sp³-hybridized carbons (Fsp3) is 0.385. The van der Waals surface area contributed by atoms with Crippen molar-refractivity contribution < 1.29 is 13.7 Å². The maximum Gasteiger partial charge on any atom is 0.241 e. The Hall–Kier alpha value is -1.79. The first-order valence-corrected chi connectivity index (χ1v) is 6.20. The molecule has 100 valence electrons. The van der Waals surface area contributed by atoms with Gasteiger partial charge in [-0.1, -0.05) is 5.16 Å². The molecular weight excluding hydrogens is 249 g/mol. The first-order chi connectivity index (χ1) is 9.31. The summed E-state index contributed by atoms with van der Waals surface area (Å²) in [7, 11) is 0. The topological polar surface area (TPSA) is 51.4 Å². The van der Waals surface area contributed by atoms with Gasteiger partial charge in [-0.25, -0.2) is 4.39 Å². The van der Waals surface area contributed by atoms with Crippen molar-refractivity contribution in [1.29, 1.82) is 0 Å². The number of halogens is 1. The maximum absolute atomic E-state index is 12.8. The number of hydrogen-bond acceptors (Lipinski definition) is 5. The van der Waals surface area contributed by atoms with E-state index in [0.29, 0.717) is 18.3 Å². The number of rotatable bonds is 3. The molecule has 0 spiro atoms. The van der Waals surface area contributed by atoms with E-state index in [1.807, 2.05) is 0 Å². The number of aromatic nitrogens is 2. The van der Waals surface area contributed by atoms with E-state index in [0.717, 1.165) is 31.9 Å². The van der Waals surface area contributed by atoms with E-state index in [-0.39, 0.29) is 5.82 Å². The SMILES string of the molecule is Fc1ccc(-c2noc(CN3CCOCC3)n2)cc1. The molecule has 1 saturated heterocycles. The molecule has 2 aromatic rings. The Balaban J connectivity index is 1.70. The van der Waals surface area contributed by atoms with Crippen LogP contribution in [0.3, 0.4) is 0 Å². The molecule has 3 rings (SSSR count). The summed E-state index contributed by atoms with van der Waals surface area (Å²) < 4.78 is 23.3. The normalized spacial score (nSPS) is 16.7. The van der Waals surface area contributed by atoms with Crippen LogP contribution < -0.4 is 0 Å². The Bertz CT molecular complexity index is 535. The Morgan fingerprint density at radius 2 is 1.89 bits per heavy atom. The largest absolute Gasteiger partial charge is 0.379 e. The smallest absolute Gasteiger partial charge is 0.241 e. The second-order valence-electron chi connectivity index (χ2n) is 4.41. The van der Waals surface area contributed by atoms with Gasteiger partial charge in [-0.05, 0) is 24.3 Å². The zero-order valence-corrected chi connectivity index (χ0v) is 10.4. The van der Waals surface area contributed by atoms with Crippen LogP contribution in [0, 0.1) is 5.82 Å². The molecule has 0 radical (unpaired) electrons. The van der Waals surface area contributed by atoms with Crippen molar-refractivity contribution in [1.82, 2.24) is 15.0 Å². The van der Waals surface area contributed by atoms with Crippen LogP contribution in [-0.2, 0) is 11.3 Å². The number of hydrogen-bond donors (Lipinski definition) is 0. The second kappa shape index (κ2) is 5.46. The summed E-state index contributed by atoms with van der Waals surface area (Å²) in [5.41, 5.74) is 0.748. The van der Waals surface area contributed by atoms with E-state index >= 15 is 0 Å². The van der Waals surface area contributed by atoms with Gasteiger partial charge in [0.25, 0.3) is 0 Å². The van der Waals surface area contributed by atoms with Crippen LogP contribution in [0.2, 0.25) is 0 Å². The lowest BCUT2D eigenvalue weighted by molar-refractivity contribution is 0.0297. The van der Waals surface area contributed by atoms with E-state index in [1.165, 1.54) is 12.1 Å². The van der Waals surface area contributed by atoms with Crippen molar-refractivity contribution in [2.24, 2.45) is 0 Å². The summed E-state index contributed by atoms with van der Waals surface area (Å²) in [5.74, 6) is 0.783. The highest BCUT2D eigenvalue weighted by Crippen LogP contribution is 2.16. The van der Waals surface area contributed by atoms with Crippen LogP contribution in [0.5, 0.6) is 0 Å². The van der Waals surface area contributed by atoms with Gasteiger partial charge in [0.05, 0.1) is 19.8 Å². The zero-order valence-electron chi connectivity index (χ0n) is 10.4. The highest BCUT2D eigenvalue weighted by atomic mass is 19.1. The van der Waals surface area contributed by atoms with Gasteiger partial charge >= 0.3 is 0 Å². The molecule has 0 N–H and O–H groups in total. The fourth-order valence-corrected chi connectivity index (χ4v) is 1.99. The lowest BCUT2D eigenvalue weighted by atomic mass is 10.2. The third-order valence-electron chi connectivity index (χ3n) is 3.03. The molecule has 2 heterocycles. The van der Waals surface area contributed by atoms with Crippen LogP contribution in [0.25, 0.3) is 11.4 Å². The van der Waals surface area contributed by atoms with Gasteiger partial charge < -0.3 is 9.26 Å². The molecule has 6 heteroatoms. The first kappa shape index (κ1) is 12.3. The second-order valence-corrected chi connectivity index (χ2v) is 4.41. The van der Waals surface area contributed by atoms with Crippen LogP contribution in [0.4, 0.5) is 4.39 Å². The monoisotopic (exact) mass is 263 g/mol. The third-order valence-corrected chi connectivity index (χ3v) is 3.03. The molecule has 0 aliphatic carbocycles. The molecule has 5 nitrogen and oxygen atoms in total. The minimum atomic E-state index is -0.277. The minimum absolute atomic E-state index is 0.277. The van der Waals surface area contributed by atoms with Gasteiger partial charge in [0.2, 0.25) is 11.7 Å². The Labute approximate surface area is 110 Å². The molecular formula is C13H14FN3O2. The van der Waals surface area contributed by atoms with E-state index in [1.54, 1.807) is 12.1 Å². The van der Waals surface area contributed by atoms with Crippen molar-refractivity contribution in [3.8, 4) is 11.4 Å². The average Bonchev–Trinajstić information content (AvgIpc) is 2.89. The van der Waals surface area contributed by atoms with Crippen molar-refractivity contribution in [2.75, 3.05) is 26.3 Å². The van der Waals surface area contributed by atoms with E-state index in [9.17, 15) is 4.39 Å². The first-order valence-electron chi connectivity index (χ1n) is 6.20. The molecule has 1 aromatic heterocycles. The molecule has 0 unspecified atom stereocenters. The Morgan fingerprint density at radius 3 is 2.63 bits per heavy atom. The lowest BCUT2D eigenvalue weighted by Gasteiger charge is -2.24. The number of morpholine rings is 1. The van der Waals surface area contributed by atoms with Gasteiger partial charge in [0.1, 0.15) is 5.82 Å². The van der Waals surface area contributed by atoms with Gasteiger partial charge in [0, 0.05) is 18.7 Å². The van der Waals surface area contributed by atoms with E-state index < -0.39 is 0 Å². The predicted octanol–water partition coefficient (Wildman–Crippen LogP) is 1.71. The van der Waals surface area contributed by atoms with Crippen molar-refractivity contribution in [2.45, 2.75) is 6.54 Å². The van der Waals surface area contributed by atoms with Crippen LogP contribution in [0.1, 0.15) is 5.89 Å². The molecule has 1 aromatic carbocycles. The molecule has 1 aliphatic heterocycles. The average molecular weight is 263 g/mol. The van der Waals surface area contributed by atoms with Gasteiger partial charge in [0.15, 0.2) is 0 Å². The number of ether oxygens (including phenoxy) is 1. The molecule has 0 bridgehead atoms. The summed E-state index contributed by atoms with van der Waals surface area (Å²) in [6.45, 7) is 3.83. The van der Waals surface area contributed by atoms with Crippen molar-refractivity contribution in [3.63, 3.8) is 0 Å². The minimum Gasteiger partial charge on any atom is -0.379 e.